The molecule has 1 atom stereocenters. The number of benzene rings is 2. The number of halogens is 1. The maximum atomic E-state index is 13.7. The normalized spacial score (nSPS) is 12.1. The van der Waals surface area contributed by atoms with Crippen molar-refractivity contribution in [3.63, 3.8) is 0 Å². The Labute approximate surface area is 122 Å². The predicted octanol–water partition coefficient (Wildman–Crippen LogP) is 4.39. The molecule has 0 aliphatic heterocycles. The van der Waals surface area contributed by atoms with Crippen molar-refractivity contribution in [2.75, 3.05) is 5.32 Å². The summed E-state index contributed by atoms with van der Waals surface area (Å²) in [7, 11) is 0. The van der Waals surface area contributed by atoms with Crippen LogP contribution in [0.3, 0.4) is 0 Å². The van der Waals surface area contributed by atoms with E-state index in [1.807, 2.05) is 43.3 Å². The molecule has 0 fully saturated rings. The number of nitrogens with one attached hydrogen (secondary N) is 2. The topological polar surface area (TPSA) is 40.7 Å². The second-order valence-electron chi connectivity index (χ2n) is 4.94. The lowest BCUT2D eigenvalue weighted by Crippen LogP contribution is -2.08. The number of rotatable bonds is 4. The first-order valence-electron chi connectivity index (χ1n) is 6.85. The van der Waals surface area contributed by atoms with Gasteiger partial charge in [0.25, 0.3) is 0 Å². The summed E-state index contributed by atoms with van der Waals surface area (Å²) < 4.78 is 13.7. The Bertz CT molecular complexity index is 705. The first-order valence-corrected chi connectivity index (χ1v) is 6.85. The molecule has 3 nitrogen and oxygen atoms in total. The maximum absolute atomic E-state index is 13.7. The van der Waals surface area contributed by atoms with Gasteiger partial charge in [0.2, 0.25) is 0 Å². The summed E-state index contributed by atoms with van der Waals surface area (Å²) in [5.74, 6) is -0.188. The van der Waals surface area contributed by atoms with Crippen LogP contribution in [0.25, 0.3) is 11.3 Å². The van der Waals surface area contributed by atoms with Gasteiger partial charge in [-0.3, -0.25) is 5.10 Å². The van der Waals surface area contributed by atoms with Crippen molar-refractivity contribution < 1.29 is 4.39 Å². The SMILES string of the molecule is CC(Nc1ccc(-c2ccn[nH]2)cc1)c1ccccc1F. The van der Waals surface area contributed by atoms with E-state index in [0.29, 0.717) is 5.56 Å². The van der Waals surface area contributed by atoms with Gasteiger partial charge in [-0.1, -0.05) is 30.3 Å². The second-order valence-corrected chi connectivity index (χ2v) is 4.94. The molecule has 4 heteroatoms. The highest BCUT2D eigenvalue weighted by Crippen LogP contribution is 2.24. The summed E-state index contributed by atoms with van der Waals surface area (Å²) in [6, 6.07) is 16.6. The number of aromatic nitrogens is 2. The highest BCUT2D eigenvalue weighted by Gasteiger charge is 2.10. The molecule has 1 heterocycles. The Morgan fingerprint density at radius 2 is 1.81 bits per heavy atom. The zero-order valence-electron chi connectivity index (χ0n) is 11.7. The summed E-state index contributed by atoms with van der Waals surface area (Å²) in [4.78, 5) is 0. The first kappa shape index (κ1) is 13.4. The minimum Gasteiger partial charge on any atom is -0.378 e. The molecule has 0 spiro atoms. The molecule has 3 rings (SSSR count). The number of H-pyrrole nitrogens is 1. The first-order chi connectivity index (χ1) is 10.2. The van der Waals surface area contributed by atoms with Crippen LogP contribution in [0.4, 0.5) is 10.1 Å². The standard InChI is InChI=1S/C17H16FN3/c1-12(15-4-2-3-5-16(15)18)20-14-8-6-13(7-9-14)17-10-11-19-21-17/h2-12,20H,1H3,(H,19,21). The molecule has 0 radical (unpaired) electrons. The third-order valence-corrected chi connectivity index (χ3v) is 3.45. The number of anilines is 1. The molecular weight excluding hydrogens is 265 g/mol. The summed E-state index contributed by atoms with van der Waals surface area (Å²) in [6.07, 6.45) is 1.72. The molecule has 1 aromatic heterocycles. The fourth-order valence-electron chi connectivity index (χ4n) is 2.32. The van der Waals surface area contributed by atoms with Crippen molar-refractivity contribution >= 4 is 5.69 Å². The van der Waals surface area contributed by atoms with Crippen LogP contribution in [0.15, 0.2) is 60.8 Å². The zero-order valence-corrected chi connectivity index (χ0v) is 11.7. The van der Waals surface area contributed by atoms with Crippen LogP contribution in [0.1, 0.15) is 18.5 Å². The fraction of sp³-hybridized carbons (Fsp3) is 0.118. The molecule has 3 aromatic rings. The maximum Gasteiger partial charge on any atom is 0.128 e. The number of hydrogen-bond acceptors (Lipinski definition) is 2. The quantitative estimate of drug-likeness (QED) is 0.744. The molecule has 106 valence electrons. The number of nitrogens with zero attached hydrogens (tertiary/aromatic N) is 1. The van der Waals surface area contributed by atoms with E-state index in [9.17, 15) is 4.39 Å². The monoisotopic (exact) mass is 281 g/mol. The van der Waals surface area contributed by atoms with Crippen LogP contribution in [-0.2, 0) is 0 Å². The smallest absolute Gasteiger partial charge is 0.128 e. The molecule has 1 unspecified atom stereocenters. The third kappa shape index (κ3) is 2.94. The Balaban J connectivity index is 1.75. The van der Waals surface area contributed by atoms with Gasteiger partial charge < -0.3 is 5.32 Å². The van der Waals surface area contributed by atoms with E-state index < -0.39 is 0 Å². The van der Waals surface area contributed by atoms with Crippen molar-refractivity contribution in [1.82, 2.24) is 10.2 Å². The van der Waals surface area contributed by atoms with Crippen LogP contribution in [0, 0.1) is 5.82 Å². The van der Waals surface area contributed by atoms with E-state index in [1.54, 1.807) is 18.3 Å². The fourth-order valence-corrected chi connectivity index (χ4v) is 2.32. The van der Waals surface area contributed by atoms with Gasteiger partial charge in [-0.05, 0) is 36.8 Å². The predicted molar refractivity (Wildman–Crippen MR) is 82.5 cm³/mol. The number of aromatic amines is 1. The third-order valence-electron chi connectivity index (χ3n) is 3.45. The van der Waals surface area contributed by atoms with Gasteiger partial charge in [-0.2, -0.15) is 5.10 Å². The Hall–Kier alpha value is -2.62. The summed E-state index contributed by atoms with van der Waals surface area (Å²) in [6.45, 7) is 1.95. The summed E-state index contributed by atoms with van der Waals surface area (Å²) in [5, 5.41) is 10.2. The minimum absolute atomic E-state index is 0.0933. The lowest BCUT2D eigenvalue weighted by molar-refractivity contribution is 0.600. The molecule has 0 saturated heterocycles. The summed E-state index contributed by atoms with van der Waals surface area (Å²) >= 11 is 0. The minimum atomic E-state index is -0.188. The van der Waals surface area contributed by atoms with Gasteiger partial charge in [-0.25, -0.2) is 4.39 Å². The molecule has 0 aliphatic carbocycles. The lowest BCUT2D eigenvalue weighted by Gasteiger charge is -2.16. The van der Waals surface area contributed by atoms with E-state index in [0.717, 1.165) is 16.9 Å². The molecule has 0 amide bonds. The van der Waals surface area contributed by atoms with Gasteiger partial charge in [0.05, 0.1) is 11.7 Å². The lowest BCUT2D eigenvalue weighted by atomic mass is 10.1. The van der Waals surface area contributed by atoms with E-state index in [1.165, 1.54) is 6.07 Å². The molecule has 21 heavy (non-hydrogen) atoms. The van der Waals surface area contributed by atoms with Gasteiger partial charge in [0.15, 0.2) is 0 Å². The molecule has 2 aromatic carbocycles. The van der Waals surface area contributed by atoms with Crippen LogP contribution >= 0.6 is 0 Å². The van der Waals surface area contributed by atoms with Gasteiger partial charge in [0.1, 0.15) is 5.82 Å². The molecule has 0 saturated carbocycles. The number of hydrogen-bond donors (Lipinski definition) is 2. The molecular formula is C17H16FN3. The molecule has 0 aliphatic rings. The summed E-state index contributed by atoms with van der Waals surface area (Å²) in [5.41, 5.74) is 3.66. The van der Waals surface area contributed by atoms with Gasteiger partial charge >= 0.3 is 0 Å². The van der Waals surface area contributed by atoms with Gasteiger partial charge in [-0.15, -0.1) is 0 Å². The van der Waals surface area contributed by atoms with Gasteiger partial charge in [0, 0.05) is 17.4 Å². The largest absolute Gasteiger partial charge is 0.378 e. The molecule has 0 bridgehead atoms. The van der Waals surface area contributed by atoms with Crippen molar-refractivity contribution in [1.29, 1.82) is 0 Å². The van der Waals surface area contributed by atoms with Crippen molar-refractivity contribution in [2.24, 2.45) is 0 Å². The Morgan fingerprint density at radius 1 is 1.05 bits per heavy atom. The van der Waals surface area contributed by atoms with E-state index in [2.05, 4.69) is 15.5 Å². The van der Waals surface area contributed by atoms with Crippen LogP contribution in [-0.4, -0.2) is 10.2 Å². The molecule has 2 N–H and O–H groups in total. The van der Waals surface area contributed by atoms with Crippen molar-refractivity contribution in [3.05, 3.63) is 72.2 Å². The average Bonchev–Trinajstić information content (AvgIpc) is 3.02. The van der Waals surface area contributed by atoms with Crippen molar-refractivity contribution in [3.8, 4) is 11.3 Å². The van der Waals surface area contributed by atoms with E-state index in [-0.39, 0.29) is 11.9 Å². The average molecular weight is 281 g/mol. The van der Waals surface area contributed by atoms with Crippen LogP contribution in [0.2, 0.25) is 0 Å². The van der Waals surface area contributed by atoms with Crippen LogP contribution < -0.4 is 5.32 Å². The van der Waals surface area contributed by atoms with Crippen molar-refractivity contribution in [2.45, 2.75) is 13.0 Å². The second kappa shape index (κ2) is 5.79. The van der Waals surface area contributed by atoms with E-state index in [4.69, 9.17) is 0 Å². The van der Waals surface area contributed by atoms with E-state index >= 15 is 0 Å². The zero-order chi connectivity index (χ0) is 14.7. The Kier molecular flexibility index (Phi) is 3.69. The highest BCUT2D eigenvalue weighted by atomic mass is 19.1. The van der Waals surface area contributed by atoms with Crippen LogP contribution in [0.5, 0.6) is 0 Å². The Morgan fingerprint density at radius 3 is 2.48 bits per heavy atom. The highest BCUT2D eigenvalue weighted by molar-refractivity contribution is 5.62.